The summed E-state index contributed by atoms with van der Waals surface area (Å²) >= 11 is 1.30. The fourth-order valence-electron chi connectivity index (χ4n) is 4.01. The van der Waals surface area contributed by atoms with Gasteiger partial charge in [-0.1, -0.05) is 31.0 Å². The largest absolute Gasteiger partial charge is 0.416 e. The molecule has 0 unspecified atom stereocenters. The molecule has 160 valence electrons. The van der Waals surface area contributed by atoms with E-state index in [4.69, 9.17) is 4.42 Å². The molecule has 1 aliphatic heterocycles. The van der Waals surface area contributed by atoms with Crippen molar-refractivity contribution in [2.45, 2.75) is 43.2 Å². The third kappa shape index (κ3) is 4.92. The number of nitro benzene ring substituents is 1. The molecule has 10 heteroatoms. The molecule has 0 N–H and O–H groups in total. The van der Waals surface area contributed by atoms with Gasteiger partial charge < -0.3 is 14.2 Å². The van der Waals surface area contributed by atoms with Crippen LogP contribution in [-0.4, -0.2) is 57.9 Å². The third-order valence-corrected chi connectivity index (χ3v) is 6.56. The van der Waals surface area contributed by atoms with Crippen molar-refractivity contribution in [1.82, 2.24) is 15.1 Å². The zero-order valence-electron chi connectivity index (χ0n) is 16.7. The highest BCUT2D eigenvalue weighted by Gasteiger charge is 2.24. The second-order valence-corrected chi connectivity index (χ2v) is 8.60. The number of aromatic nitrogens is 2. The van der Waals surface area contributed by atoms with Crippen molar-refractivity contribution in [3.63, 3.8) is 0 Å². The number of non-ortho nitro benzene ring substituents is 1. The quantitative estimate of drug-likeness (QED) is 0.389. The number of piperazine rings is 1. The number of amides is 1. The van der Waals surface area contributed by atoms with Gasteiger partial charge in [0.25, 0.3) is 10.9 Å². The Kier molecular flexibility index (Phi) is 6.51. The van der Waals surface area contributed by atoms with Crippen LogP contribution in [-0.2, 0) is 4.79 Å². The van der Waals surface area contributed by atoms with Crippen LogP contribution in [0.2, 0.25) is 0 Å². The number of anilines is 1. The van der Waals surface area contributed by atoms with Gasteiger partial charge in [-0.3, -0.25) is 14.9 Å². The van der Waals surface area contributed by atoms with Crippen molar-refractivity contribution in [2.75, 3.05) is 36.8 Å². The Labute approximate surface area is 179 Å². The van der Waals surface area contributed by atoms with E-state index in [1.54, 1.807) is 12.1 Å². The van der Waals surface area contributed by atoms with E-state index in [9.17, 15) is 14.9 Å². The van der Waals surface area contributed by atoms with Gasteiger partial charge in [-0.05, 0) is 25.0 Å². The third-order valence-electron chi connectivity index (χ3n) is 5.75. The molecular formula is C20H25N5O4S. The number of rotatable bonds is 6. The first-order valence-corrected chi connectivity index (χ1v) is 11.3. The summed E-state index contributed by atoms with van der Waals surface area (Å²) < 4.78 is 5.78. The van der Waals surface area contributed by atoms with Crippen molar-refractivity contribution in [3.05, 3.63) is 40.3 Å². The molecule has 1 saturated heterocycles. The molecule has 30 heavy (non-hydrogen) atoms. The Balaban J connectivity index is 1.23. The first-order valence-electron chi connectivity index (χ1n) is 10.3. The lowest BCUT2D eigenvalue weighted by molar-refractivity contribution is -0.384. The van der Waals surface area contributed by atoms with Crippen molar-refractivity contribution in [3.8, 4) is 0 Å². The standard InChI is InChI=1S/C20H25N5O4S/c26-18(14-30-20-22-21-19(29-20)15-4-2-1-3-5-15)24-12-10-23(11-13-24)16-6-8-17(9-7-16)25(27)28/h6-9,15H,1-5,10-14H2. The molecule has 0 atom stereocenters. The van der Waals surface area contributed by atoms with Gasteiger partial charge in [0.15, 0.2) is 0 Å². The van der Waals surface area contributed by atoms with Crippen LogP contribution in [0.4, 0.5) is 11.4 Å². The predicted molar refractivity (Wildman–Crippen MR) is 113 cm³/mol. The first kappa shape index (κ1) is 20.6. The van der Waals surface area contributed by atoms with E-state index < -0.39 is 4.92 Å². The Morgan fingerprint density at radius 1 is 1.10 bits per heavy atom. The lowest BCUT2D eigenvalue weighted by Crippen LogP contribution is -2.49. The minimum atomic E-state index is -0.403. The van der Waals surface area contributed by atoms with Gasteiger partial charge in [-0.15, -0.1) is 10.2 Å². The first-order chi connectivity index (χ1) is 14.6. The molecule has 0 bridgehead atoms. The molecular weight excluding hydrogens is 406 g/mol. The van der Waals surface area contributed by atoms with Gasteiger partial charge in [-0.2, -0.15) is 0 Å². The van der Waals surface area contributed by atoms with Gasteiger partial charge in [0.2, 0.25) is 11.8 Å². The predicted octanol–water partition coefficient (Wildman–Crippen LogP) is 3.47. The number of hydrogen-bond donors (Lipinski definition) is 0. The number of nitro groups is 1. The highest BCUT2D eigenvalue weighted by Crippen LogP contribution is 2.33. The number of nitrogens with zero attached hydrogens (tertiary/aromatic N) is 5. The summed E-state index contributed by atoms with van der Waals surface area (Å²) in [4.78, 5) is 26.9. The lowest BCUT2D eigenvalue weighted by Gasteiger charge is -2.36. The molecule has 0 radical (unpaired) electrons. The molecule has 2 heterocycles. The van der Waals surface area contributed by atoms with Crippen LogP contribution < -0.4 is 4.90 Å². The second-order valence-electron chi connectivity index (χ2n) is 7.67. The average molecular weight is 432 g/mol. The van der Waals surface area contributed by atoms with Crippen LogP contribution in [0.15, 0.2) is 33.9 Å². The van der Waals surface area contributed by atoms with Crippen LogP contribution in [0.5, 0.6) is 0 Å². The molecule has 2 aromatic rings. The van der Waals surface area contributed by atoms with Gasteiger partial charge >= 0.3 is 0 Å². The maximum absolute atomic E-state index is 12.6. The zero-order valence-corrected chi connectivity index (χ0v) is 17.6. The number of benzene rings is 1. The molecule has 1 amide bonds. The SMILES string of the molecule is O=C(CSc1nnc(C2CCCCC2)o1)N1CCN(c2ccc([N+](=O)[O-])cc2)CC1. The van der Waals surface area contributed by atoms with Crippen molar-refractivity contribution in [1.29, 1.82) is 0 Å². The minimum absolute atomic E-state index is 0.0563. The topological polar surface area (TPSA) is 106 Å². The highest BCUT2D eigenvalue weighted by atomic mass is 32.2. The summed E-state index contributed by atoms with van der Waals surface area (Å²) in [5, 5.41) is 19.5. The van der Waals surface area contributed by atoms with Crippen molar-refractivity contribution >= 4 is 29.0 Å². The van der Waals surface area contributed by atoms with E-state index in [0.717, 1.165) is 18.5 Å². The van der Waals surface area contributed by atoms with Crippen LogP contribution in [0.3, 0.4) is 0 Å². The van der Waals surface area contributed by atoms with E-state index in [1.165, 1.54) is 43.2 Å². The van der Waals surface area contributed by atoms with Gasteiger partial charge in [0.1, 0.15) is 0 Å². The molecule has 2 aliphatic rings. The van der Waals surface area contributed by atoms with Gasteiger partial charge in [-0.25, -0.2) is 0 Å². The molecule has 9 nitrogen and oxygen atoms in total. The second kappa shape index (κ2) is 9.46. The van der Waals surface area contributed by atoms with Crippen LogP contribution in [0.1, 0.15) is 43.9 Å². The van der Waals surface area contributed by atoms with E-state index in [-0.39, 0.29) is 17.3 Å². The molecule has 1 saturated carbocycles. The lowest BCUT2D eigenvalue weighted by atomic mass is 9.89. The molecule has 0 spiro atoms. The summed E-state index contributed by atoms with van der Waals surface area (Å²) in [5.74, 6) is 1.41. The van der Waals surface area contributed by atoms with E-state index in [0.29, 0.717) is 43.2 Å². The van der Waals surface area contributed by atoms with E-state index in [2.05, 4.69) is 15.1 Å². The summed E-state index contributed by atoms with van der Waals surface area (Å²) in [5.41, 5.74) is 1.01. The summed E-state index contributed by atoms with van der Waals surface area (Å²) in [6.45, 7) is 2.63. The maximum atomic E-state index is 12.6. The van der Waals surface area contributed by atoms with Gasteiger partial charge in [0.05, 0.1) is 10.7 Å². The number of carbonyl (C=O) groups excluding carboxylic acids is 1. The molecule has 1 aliphatic carbocycles. The highest BCUT2D eigenvalue weighted by molar-refractivity contribution is 7.99. The average Bonchev–Trinajstić information content (AvgIpc) is 3.27. The fraction of sp³-hybridized carbons (Fsp3) is 0.550. The Morgan fingerprint density at radius 2 is 1.80 bits per heavy atom. The summed E-state index contributed by atoms with van der Waals surface area (Å²) in [6.07, 6.45) is 5.90. The Morgan fingerprint density at radius 3 is 2.47 bits per heavy atom. The summed E-state index contributed by atoms with van der Waals surface area (Å²) in [7, 11) is 0. The molecule has 2 fully saturated rings. The van der Waals surface area contributed by atoms with Crippen LogP contribution >= 0.6 is 11.8 Å². The van der Waals surface area contributed by atoms with Crippen molar-refractivity contribution in [2.24, 2.45) is 0 Å². The van der Waals surface area contributed by atoms with Gasteiger partial charge in [0, 0.05) is 49.9 Å². The van der Waals surface area contributed by atoms with E-state index in [1.807, 2.05) is 4.90 Å². The van der Waals surface area contributed by atoms with Crippen LogP contribution in [0, 0.1) is 10.1 Å². The zero-order chi connectivity index (χ0) is 20.9. The van der Waals surface area contributed by atoms with E-state index >= 15 is 0 Å². The van der Waals surface area contributed by atoms with Crippen LogP contribution in [0.25, 0.3) is 0 Å². The number of carbonyl (C=O) groups is 1. The molecule has 1 aromatic heterocycles. The maximum Gasteiger partial charge on any atom is 0.277 e. The number of hydrogen-bond acceptors (Lipinski definition) is 8. The molecule has 4 rings (SSSR count). The molecule has 1 aromatic carbocycles. The number of thioether (sulfide) groups is 1. The fourth-order valence-corrected chi connectivity index (χ4v) is 4.68. The van der Waals surface area contributed by atoms with Crippen molar-refractivity contribution < 1.29 is 14.1 Å². The normalized spacial score (nSPS) is 17.9. The minimum Gasteiger partial charge on any atom is -0.416 e. The Bertz CT molecular complexity index is 874. The Hall–Kier alpha value is -2.62. The smallest absolute Gasteiger partial charge is 0.277 e. The monoisotopic (exact) mass is 431 g/mol. The summed E-state index contributed by atoms with van der Waals surface area (Å²) in [6, 6.07) is 6.53.